The molecule has 0 N–H and O–H groups in total. The van der Waals surface area contributed by atoms with Gasteiger partial charge in [-0.3, -0.25) is 4.68 Å². The van der Waals surface area contributed by atoms with Crippen LogP contribution in [-0.2, 0) is 11.8 Å². The lowest BCUT2D eigenvalue weighted by Crippen LogP contribution is -2.26. The van der Waals surface area contributed by atoms with Gasteiger partial charge in [0.15, 0.2) is 0 Å². The van der Waals surface area contributed by atoms with Gasteiger partial charge in [-0.1, -0.05) is 0 Å². The summed E-state index contributed by atoms with van der Waals surface area (Å²) in [6, 6.07) is 3.68. The summed E-state index contributed by atoms with van der Waals surface area (Å²) in [7, 11) is 1.88. The third-order valence-corrected chi connectivity index (χ3v) is 4.23. The van der Waals surface area contributed by atoms with Crippen LogP contribution >= 0.6 is 11.6 Å². The van der Waals surface area contributed by atoms with Gasteiger partial charge in [0.2, 0.25) is 11.2 Å². The number of ether oxygens (including phenoxy) is 2. The molecular formula is C16H16ClN5O2. The number of aryl methyl sites for hydroxylation is 1. The Kier molecular flexibility index (Phi) is 4.03. The Morgan fingerprint density at radius 1 is 1.21 bits per heavy atom. The molecule has 0 aliphatic carbocycles. The van der Waals surface area contributed by atoms with Crippen LogP contribution in [0.15, 0.2) is 24.5 Å². The lowest BCUT2D eigenvalue weighted by molar-refractivity contribution is 0.0244. The Balaban J connectivity index is 1.82. The fourth-order valence-electron chi connectivity index (χ4n) is 2.87. The number of pyridine rings is 1. The molecule has 0 saturated carbocycles. The number of halogens is 1. The van der Waals surface area contributed by atoms with Crippen molar-refractivity contribution in [2.24, 2.45) is 7.05 Å². The average Bonchev–Trinajstić information content (AvgIpc) is 2.94. The normalized spacial score (nSPS) is 15.8. The fraction of sp³-hybridized carbons (Fsp3) is 0.375. The second-order valence-electron chi connectivity index (χ2n) is 5.62. The predicted octanol–water partition coefficient (Wildman–Crippen LogP) is 2.64. The fourth-order valence-corrected chi connectivity index (χ4v) is 3.01. The van der Waals surface area contributed by atoms with Gasteiger partial charge in [0, 0.05) is 32.3 Å². The molecule has 1 fully saturated rings. The molecule has 124 valence electrons. The largest absolute Gasteiger partial charge is 0.474 e. The van der Waals surface area contributed by atoms with E-state index in [1.165, 1.54) is 0 Å². The minimum absolute atomic E-state index is 0.0962. The monoisotopic (exact) mass is 345 g/mol. The maximum atomic E-state index is 6.15. The third kappa shape index (κ3) is 2.81. The first-order valence-corrected chi connectivity index (χ1v) is 8.15. The van der Waals surface area contributed by atoms with Crippen molar-refractivity contribution in [1.82, 2.24) is 24.7 Å². The van der Waals surface area contributed by atoms with Crippen LogP contribution in [0.2, 0.25) is 5.28 Å². The van der Waals surface area contributed by atoms with Crippen molar-refractivity contribution < 1.29 is 9.47 Å². The quantitative estimate of drug-likeness (QED) is 0.679. The van der Waals surface area contributed by atoms with E-state index in [9.17, 15) is 0 Å². The first-order chi connectivity index (χ1) is 11.7. The summed E-state index contributed by atoms with van der Waals surface area (Å²) in [6.45, 7) is 1.42. The van der Waals surface area contributed by atoms with Gasteiger partial charge in [-0.05, 0) is 23.7 Å². The molecule has 0 spiro atoms. The number of nitrogens with zero attached hydrogens (tertiary/aromatic N) is 5. The lowest BCUT2D eigenvalue weighted by Gasteiger charge is -2.23. The van der Waals surface area contributed by atoms with E-state index in [1.807, 2.05) is 13.1 Å². The first kappa shape index (κ1) is 15.3. The maximum absolute atomic E-state index is 6.15. The van der Waals surface area contributed by atoms with Crippen molar-refractivity contribution in [2.75, 3.05) is 13.2 Å². The minimum Gasteiger partial charge on any atom is -0.474 e. The zero-order chi connectivity index (χ0) is 16.5. The number of rotatable bonds is 3. The van der Waals surface area contributed by atoms with Crippen LogP contribution in [0.5, 0.6) is 5.88 Å². The molecular weight excluding hydrogens is 330 g/mol. The van der Waals surface area contributed by atoms with Crippen molar-refractivity contribution in [3.63, 3.8) is 0 Å². The third-order valence-electron chi connectivity index (χ3n) is 4.05. The van der Waals surface area contributed by atoms with Gasteiger partial charge in [0.25, 0.3) is 0 Å². The maximum Gasteiger partial charge on any atom is 0.225 e. The van der Waals surface area contributed by atoms with Gasteiger partial charge in [-0.15, -0.1) is 0 Å². The van der Waals surface area contributed by atoms with E-state index in [2.05, 4.69) is 20.1 Å². The van der Waals surface area contributed by atoms with Crippen molar-refractivity contribution >= 4 is 22.5 Å². The van der Waals surface area contributed by atoms with Crippen LogP contribution < -0.4 is 4.74 Å². The van der Waals surface area contributed by atoms with Crippen molar-refractivity contribution in [3.05, 3.63) is 29.8 Å². The summed E-state index contributed by atoms with van der Waals surface area (Å²) in [5.41, 5.74) is 2.26. The molecule has 0 radical (unpaired) electrons. The van der Waals surface area contributed by atoms with E-state index >= 15 is 0 Å². The molecule has 0 aromatic carbocycles. The van der Waals surface area contributed by atoms with Gasteiger partial charge in [-0.25, -0.2) is 15.0 Å². The second-order valence-corrected chi connectivity index (χ2v) is 5.96. The minimum atomic E-state index is 0.0962. The van der Waals surface area contributed by atoms with Crippen molar-refractivity contribution in [1.29, 1.82) is 0 Å². The summed E-state index contributed by atoms with van der Waals surface area (Å²) < 4.78 is 13.3. The molecule has 8 heteroatoms. The zero-order valence-corrected chi connectivity index (χ0v) is 13.9. The van der Waals surface area contributed by atoms with E-state index in [0.29, 0.717) is 30.5 Å². The second kappa shape index (κ2) is 6.33. The SMILES string of the molecule is Cn1nc(-c2ccnc(Cl)n2)c2c(OC3CCOCC3)nccc21. The molecule has 1 saturated heterocycles. The zero-order valence-electron chi connectivity index (χ0n) is 13.1. The molecule has 7 nitrogen and oxygen atoms in total. The highest BCUT2D eigenvalue weighted by atomic mass is 35.5. The van der Waals surface area contributed by atoms with Crippen LogP contribution in [0.1, 0.15) is 12.8 Å². The van der Waals surface area contributed by atoms with Crippen LogP contribution in [0.3, 0.4) is 0 Å². The van der Waals surface area contributed by atoms with Gasteiger partial charge in [0.05, 0.1) is 29.8 Å². The average molecular weight is 346 g/mol. The van der Waals surface area contributed by atoms with E-state index in [1.54, 1.807) is 23.1 Å². The highest BCUT2D eigenvalue weighted by molar-refractivity contribution is 6.28. The smallest absolute Gasteiger partial charge is 0.225 e. The summed E-state index contributed by atoms with van der Waals surface area (Å²) >= 11 is 5.93. The first-order valence-electron chi connectivity index (χ1n) is 7.77. The van der Waals surface area contributed by atoms with Crippen LogP contribution in [-0.4, -0.2) is 44.1 Å². The number of hydrogen-bond acceptors (Lipinski definition) is 6. The lowest BCUT2D eigenvalue weighted by atomic mass is 10.1. The van der Waals surface area contributed by atoms with Gasteiger partial charge in [0.1, 0.15) is 11.8 Å². The number of fused-ring (bicyclic) bond motifs is 1. The highest BCUT2D eigenvalue weighted by Gasteiger charge is 2.22. The summed E-state index contributed by atoms with van der Waals surface area (Å²) in [6.07, 6.45) is 5.15. The molecule has 0 bridgehead atoms. The Hall–Kier alpha value is -2.25. The summed E-state index contributed by atoms with van der Waals surface area (Å²) in [4.78, 5) is 12.6. The van der Waals surface area contributed by atoms with Crippen molar-refractivity contribution in [2.45, 2.75) is 18.9 Å². The molecule has 24 heavy (non-hydrogen) atoms. The number of hydrogen-bond donors (Lipinski definition) is 0. The van der Waals surface area contributed by atoms with Gasteiger partial charge >= 0.3 is 0 Å². The Labute approximate surface area is 143 Å². The van der Waals surface area contributed by atoms with E-state index < -0.39 is 0 Å². The predicted molar refractivity (Wildman–Crippen MR) is 89.0 cm³/mol. The molecule has 3 aromatic rings. The van der Waals surface area contributed by atoms with Crippen molar-refractivity contribution in [3.8, 4) is 17.3 Å². The standard InChI is InChI=1S/C16H16ClN5O2/c1-22-12-3-7-18-15(24-10-4-8-23-9-5-10)13(12)14(21-22)11-2-6-19-16(17)20-11/h2-3,6-7,10H,4-5,8-9H2,1H3. The topological polar surface area (TPSA) is 75.0 Å². The van der Waals surface area contributed by atoms with Gasteiger partial charge in [-0.2, -0.15) is 5.10 Å². The molecule has 1 aliphatic rings. The highest BCUT2D eigenvalue weighted by Crippen LogP contribution is 2.33. The molecule has 4 heterocycles. The van der Waals surface area contributed by atoms with Gasteiger partial charge < -0.3 is 9.47 Å². The Morgan fingerprint density at radius 3 is 2.79 bits per heavy atom. The summed E-state index contributed by atoms with van der Waals surface area (Å²) in [5.74, 6) is 0.567. The van der Waals surface area contributed by atoms with E-state index in [4.69, 9.17) is 21.1 Å². The van der Waals surface area contributed by atoms with E-state index in [-0.39, 0.29) is 11.4 Å². The van der Waals surface area contributed by atoms with Crippen LogP contribution in [0.4, 0.5) is 0 Å². The molecule has 4 rings (SSSR count). The molecule has 1 aliphatic heterocycles. The van der Waals surface area contributed by atoms with Crippen LogP contribution in [0, 0.1) is 0 Å². The molecule has 0 atom stereocenters. The molecule has 0 amide bonds. The van der Waals surface area contributed by atoms with E-state index in [0.717, 1.165) is 23.7 Å². The van der Waals surface area contributed by atoms with Crippen LogP contribution in [0.25, 0.3) is 22.3 Å². The summed E-state index contributed by atoms with van der Waals surface area (Å²) in [5, 5.41) is 5.59. The Morgan fingerprint density at radius 2 is 2.00 bits per heavy atom. The molecule has 3 aromatic heterocycles. The number of aromatic nitrogens is 5. The Bertz CT molecular complexity index is 876. The molecule has 0 unspecified atom stereocenters.